The molecule has 0 radical (unpaired) electrons. The van der Waals surface area contributed by atoms with Crippen molar-refractivity contribution in [2.45, 2.75) is 26.9 Å². The summed E-state index contributed by atoms with van der Waals surface area (Å²) < 4.78 is 12.3. The molecule has 6 nitrogen and oxygen atoms in total. The maximum absolute atomic E-state index is 5.78. The Kier molecular flexibility index (Phi) is 6.56. The Morgan fingerprint density at radius 3 is 2.65 bits per heavy atom. The van der Waals surface area contributed by atoms with Crippen LogP contribution in [0.4, 0.5) is 0 Å². The second-order valence-corrected chi connectivity index (χ2v) is 5.36. The van der Waals surface area contributed by atoms with Crippen LogP contribution in [0.25, 0.3) is 0 Å². The standard InChI is InChI=1S/C13H19IN4O2/c1-4-19-11-6-9(7-17-18-13(15)16)5-10(14)12(11)20-8(2)3/h5-8H,4H2,1-3H3,(H4,15,16,18). The molecular formula is C13H19IN4O2. The molecule has 1 rings (SSSR count). The van der Waals surface area contributed by atoms with Gasteiger partial charge in [-0.25, -0.2) is 0 Å². The first-order valence-corrected chi connectivity index (χ1v) is 7.26. The second kappa shape index (κ2) is 7.93. The van der Waals surface area contributed by atoms with Crippen LogP contribution in [-0.2, 0) is 0 Å². The van der Waals surface area contributed by atoms with Crippen LogP contribution in [0.1, 0.15) is 26.3 Å². The Hall–Kier alpha value is -1.51. The average molecular weight is 390 g/mol. The molecule has 0 saturated heterocycles. The number of hydrogen-bond acceptors (Lipinski definition) is 4. The molecule has 0 aliphatic carbocycles. The number of hydrogen-bond donors (Lipinski definition) is 2. The van der Waals surface area contributed by atoms with Gasteiger partial charge in [0.05, 0.1) is 22.5 Å². The number of rotatable bonds is 6. The molecule has 0 saturated carbocycles. The molecule has 0 fully saturated rings. The third kappa shape index (κ3) is 5.24. The first kappa shape index (κ1) is 16.5. The number of ether oxygens (including phenoxy) is 2. The fourth-order valence-electron chi connectivity index (χ4n) is 1.44. The molecule has 0 aliphatic heterocycles. The number of benzene rings is 1. The monoisotopic (exact) mass is 390 g/mol. The summed E-state index contributed by atoms with van der Waals surface area (Å²) in [6, 6.07) is 3.77. The van der Waals surface area contributed by atoms with Gasteiger partial charge in [-0.05, 0) is 61.1 Å². The van der Waals surface area contributed by atoms with Gasteiger partial charge in [-0.15, -0.1) is 5.10 Å². The lowest BCUT2D eigenvalue weighted by atomic mass is 10.2. The molecule has 1 aromatic rings. The predicted molar refractivity (Wildman–Crippen MR) is 89.5 cm³/mol. The summed E-state index contributed by atoms with van der Waals surface area (Å²) in [5.74, 6) is 1.33. The molecule has 0 unspecified atom stereocenters. The Labute approximate surface area is 132 Å². The van der Waals surface area contributed by atoms with E-state index in [4.69, 9.17) is 20.9 Å². The molecular weight excluding hydrogens is 371 g/mol. The highest BCUT2D eigenvalue weighted by Crippen LogP contribution is 2.34. The van der Waals surface area contributed by atoms with Gasteiger partial charge < -0.3 is 20.9 Å². The van der Waals surface area contributed by atoms with E-state index in [1.165, 1.54) is 0 Å². The Morgan fingerprint density at radius 1 is 1.40 bits per heavy atom. The fraction of sp³-hybridized carbons (Fsp3) is 0.385. The van der Waals surface area contributed by atoms with E-state index in [-0.39, 0.29) is 12.1 Å². The van der Waals surface area contributed by atoms with Gasteiger partial charge in [0.15, 0.2) is 11.5 Å². The molecule has 1 aromatic carbocycles. The first-order valence-electron chi connectivity index (χ1n) is 6.19. The highest BCUT2D eigenvalue weighted by Gasteiger charge is 2.13. The topological polar surface area (TPSA) is 95.2 Å². The van der Waals surface area contributed by atoms with E-state index in [1.807, 2.05) is 32.9 Å². The fourth-order valence-corrected chi connectivity index (χ4v) is 2.19. The van der Waals surface area contributed by atoms with Crippen molar-refractivity contribution >= 4 is 34.8 Å². The maximum atomic E-state index is 5.78. The largest absolute Gasteiger partial charge is 0.490 e. The quantitative estimate of drug-likeness (QED) is 0.337. The zero-order valence-corrected chi connectivity index (χ0v) is 13.9. The van der Waals surface area contributed by atoms with Crippen molar-refractivity contribution in [1.29, 1.82) is 0 Å². The lowest BCUT2D eigenvalue weighted by Crippen LogP contribution is -2.21. The summed E-state index contributed by atoms with van der Waals surface area (Å²) >= 11 is 2.20. The van der Waals surface area contributed by atoms with Crippen molar-refractivity contribution < 1.29 is 9.47 Å². The minimum absolute atomic E-state index is 0.0730. The predicted octanol–water partition coefficient (Wildman–Crippen LogP) is 2.08. The minimum atomic E-state index is -0.0826. The molecule has 0 heterocycles. The number of halogens is 1. The van der Waals surface area contributed by atoms with Crippen molar-refractivity contribution in [2.75, 3.05) is 6.61 Å². The zero-order valence-electron chi connectivity index (χ0n) is 11.8. The van der Waals surface area contributed by atoms with Gasteiger partial charge in [-0.3, -0.25) is 0 Å². The van der Waals surface area contributed by atoms with Crippen LogP contribution in [-0.4, -0.2) is 24.9 Å². The molecule has 0 bridgehead atoms. The molecule has 0 spiro atoms. The summed E-state index contributed by atoms with van der Waals surface area (Å²) in [6.07, 6.45) is 1.63. The number of guanidine groups is 1. The van der Waals surface area contributed by atoms with Crippen molar-refractivity contribution in [2.24, 2.45) is 21.7 Å². The summed E-state index contributed by atoms with van der Waals surface area (Å²) in [7, 11) is 0. The molecule has 7 heteroatoms. The molecule has 110 valence electrons. The molecule has 0 atom stereocenters. The van der Waals surface area contributed by atoms with Crippen LogP contribution in [0.5, 0.6) is 11.5 Å². The summed E-state index contributed by atoms with van der Waals surface area (Å²) in [4.78, 5) is 0. The second-order valence-electron chi connectivity index (χ2n) is 4.20. The Morgan fingerprint density at radius 2 is 2.10 bits per heavy atom. The summed E-state index contributed by atoms with van der Waals surface area (Å²) in [6.45, 7) is 6.42. The van der Waals surface area contributed by atoms with Crippen LogP contribution >= 0.6 is 22.6 Å². The number of nitrogens with zero attached hydrogens (tertiary/aromatic N) is 2. The van der Waals surface area contributed by atoms with Gasteiger partial charge >= 0.3 is 0 Å². The number of nitrogens with two attached hydrogens (primary N) is 2. The summed E-state index contributed by atoms with van der Waals surface area (Å²) in [5, 5.41) is 7.35. The highest BCUT2D eigenvalue weighted by molar-refractivity contribution is 14.1. The van der Waals surface area contributed by atoms with Gasteiger partial charge in [0.25, 0.3) is 0 Å². The van der Waals surface area contributed by atoms with Gasteiger partial charge in [-0.2, -0.15) is 5.10 Å². The third-order valence-electron chi connectivity index (χ3n) is 2.07. The van der Waals surface area contributed by atoms with E-state index in [0.717, 1.165) is 14.9 Å². The third-order valence-corrected chi connectivity index (χ3v) is 2.87. The Bertz CT molecular complexity index is 511. The molecule has 0 aromatic heterocycles. The normalized spacial score (nSPS) is 10.8. The van der Waals surface area contributed by atoms with Gasteiger partial charge in [0, 0.05) is 0 Å². The SMILES string of the molecule is CCOc1cc(C=NN=C(N)N)cc(I)c1OC(C)C. The van der Waals surface area contributed by atoms with E-state index < -0.39 is 0 Å². The molecule has 4 N–H and O–H groups in total. The van der Waals surface area contributed by atoms with Gasteiger partial charge in [0.2, 0.25) is 5.96 Å². The average Bonchev–Trinajstić information content (AvgIpc) is 2.33. The maximum Gasteiger partial charge on any atom is 0.211 e. The lowest BCUT2D eigenvalue weighted by molar-refractivity contribution is 0.222. The lowest BCUT2D eigenvalue weighted by Gasteiger charge is -2.16. The molecule has 0 amide bonds. The van der Waals surface area contributed by atoms with Crippen LogP contribution < -0.4 is 20.9 Å². The summed E-state index contributed by atoms with van der Waals surface area (Å²) in [5.41, 5.74) is 11.3. The zero-order chi connectivity index (χ0) is 15.1. The van der Waals surface area contributed by atoms with Crippen molar-refractivity contribution in [3.63, 3.8) is 0 Å². The molecule has 20 heavy (non-hydrogen) atoms. The van der Waals surface area contributed by atoms with Crippen molar-refractivity contribution in [1.82, 2.24) is 0 Å². The van der Waals surface area contributed by atoms with E-state index in [1.54, 1.807) is 6.21 Å². The Balaban J connectivity index is 3.12. The van der Waals surface area contributed by atoms with E-state index in [9.17, 15) is 0 Å². The van der Waals surface area contributed by atoms with Crippen LogP contribution in [0.15, 0.2) is 22.3 Å². The van der Waals surface area contributed by atoms with Crippen LogP contribution in [0.3, 0.4) is 0 Å². The smallest absolute Gasteiger partial charge is 0.211 e. The van der Waals surface area contributed by atoms with E-state index in [2.05, 4.69) is 32.8 Å². The first-order chi connectivity index (χ1) is 9.43. The van der Waals surface area contributed by atoms with Crippen molar-refractivity contribution in [3.05, 3.63) is 21.3 Å². The molecule has 0 aliphatic rings. The van der Waals surface area contributed by atoms with Gasteiger partial charge in [-0.1, -0.05) is 0 Å². The minimum Gasteiger partial charge on any atom is -0.490 e. The van der Waals surface area contributed by atoms with Crippen LogP contribution in [0, 0.1) is 3.57 Å². The van der Waals surface area contributed by atoms with Crippen molar-refractivity contribution in [3.8, 4) is 11.5 Å². The highest BCUT2D eigenvalue weighted by atomic mass is 127. The van der Waals surface area contributed by atoms with Crippen LogP contribution in [0.2, 0.25) is 0 Å². The van der Waals surface area contributed by atoms with E-state index in [0.29, 0.717) is 12.4 Å². The van der Waals surface area contributed by atoms with Gasteiger partial charge in [0.1, 0.15) is 0 Å². The van der Waals surface area contributed by atoms with E-state index >= 15 is 0 Å².